The standard InChI is InChI=1S/C13H11Cl2NO/c1-17-11-5-8(4-10(16)7-11)12-3-2-9(14)6-13(12)15/h2-7H,16H2,1H3. The van der Waals surface area contributed by atoms with Crippen molar-refractivity contribution in [3.8, 4) is 16.9 Å². The smallest absolute Gasteiger partial charge is 0.121 e. The molecule has 2 N–H and O–H groups in total. The van der Waals surface area contributed by atoms with Crippen LogP contribution in [0.15, 0.2) is 36.4 Å². The Labute approximate surface area is 110 Å². The van der Waals surface area contributed by atoms with Crippen LogP contribution in [0.1, 0.15) is 0 Å². The first-order chi connectivity index (χ1) is 8.10. The van der Waals surface area contributed by atoms with Crippen molar-refractivity contribution < 1.29 is 4.74 Å². The highest BCUT2D eigenvalue weighted by molar-refractivity contribution is 6.36. The minimum Gasteiger partial charge on any atom is -0.497 e. The Hall–Kier alpha value is -1.38. The molecule has 0 saturated heterocycles. The van der Waals surface area contributed by atoms with E-state index in [1.54, 1.807) is 25.3 Å². The zero-order valence-electron chi connectivity index (χ0n) is 9.21. The van der Waals surface area contributed by atoms with Gasteiger partial charge in [0.05, 0.1) is 7.11 Å². The molecular weight excluding hydrogens is 257 g/mol. The summed E-state index contributed by atoms with van der Waals surface area (Å²) in [6, 6.07) is 10.8. The number of nitrogens with two attached hydrogens (primary N) is 1. The van der Waals surface area contributed by atoms with E-state index in [4.69, 9.17) is 33.7 Å². The lowest BCUT2D eigenvalue weighted by Gasteiger charge is -2.08. The molecule has 88 valence electrons. The van der Waals surface area contributed by atoms with Crippen LogP contribution in [0.25, 0.3) is 11.1 Å². The van der Waals surface area contributed by atoms with Crippen molar-refractivity contribution >= 4 is 28.9 Å². The van der Waals surface area contributed by atoms with Crippen molar-refractivity contribution in [1.29, 1.82) is 0 Å². The van der Waals surface area contributed by atoms with E-state index in [0.29, 0.717) is 21.5 Å². The predicted molar refractivity (Wildman–Crippen MR) is 72.9 cm³/mol. The molecule has 0 fully saturated rings. The van der Waals surface area contributed by atoms with Crippen LogP contribution < -0.4 is 10.5 Å². The Bertz CT molecular complexity index is 555. The molecule has 0 spiro atoms. The van der Waals surface area contributed by atoms with Crippen LogP contribution in [0.3, 0.4) is 0 Å². The van der Waals surface area contributed by atoms with Crippen molar-refractivity contribution in [3.05, 3.63) is 46.4 Å². The Kier molecular flexibility index (Phi) is 3.46. The predicted octanol–water partition coefficient (Wildman–Crippen LogP) is 4.25. The second kappa shape index (κ2) is 4.86. The Morgan fingerprint density at radius 3 is 2.47 bits per heavy atom. The van der Waals surface area contributed by atoms with Crippen LogP contribution in [-0.2, 0) is 0 Å². The summed E-state index contributed by atoms with van der Waals surface area (Å²) in [5.74, 6) is 0.700. The molecule has 0 amide bonds. The molecule has 2 rings (SSSR count). The normalized spacial score (nSPS) is 10.3. The first-order valence-corrected chi connectivity index (χ1v) is 5.76. The molecule has 0 saturated carbocycles. The van der Waals surface area contributed by atoms with Crippen molar-refractivity contribution in [1.82, 2.24) is 0 Å². The van der Waals surface area contributed by atoms with E-state index in [9.17, 15) is 0 Å². The topological polar surface area (TPSA) is 35.2 Å². The van der Waals surface area contributed by atoms with Gasteiger partial charge in [-0.3, -0.25) is 0 Å². The summed E-state index contributed by atoms with van der Waals surface area (Å²) in [4.78, 5) is 0. The number of halogens is 2. The van der Waals surface area contributed by atoms with E-state index in [1.807, 2.05) is 18.2 Å². The number of ether oxygens (including phenoxy) is 1. The summed E-state index contributed by atoms with van der Waals surface area (Å²) in [5.41, 5.74) is 8.22. The number of anilines is 1. The van der Waals surface area contributed by atoms with E-state index >= 15 is 0 Å². The van der Waals surface area contributed by atoms with Crippen LogP contribution in [-0.4, -0.2) is 7.11 Å². The third-order valence-electron chi connectivity index (χ3n) is 2.41. The molecule has 0 atom stereocenters. The molecule has 17 heavy (non-hydrogen) atoms. The molecule has 0 unspecified atom stereocenters. The average Bonchev–Trinajstić information content (AvgIpc) is 2.28. The van der Waals surface area contributed by atoms with Gasteiger partial charge in [0.15, 0.2) is 0 Å². The Balaban J connectivity index is 2.55. The van der Waals surface area contributed by atoms with E-state index in [0.717, 1.165) is 11.1 Å². The molecule has 0 aliphatic rings. The van der Waals surface area contributed by atoms with Crippen LogP contribution in [0, 0.1) is 0 Å². The van der Waals surface area contributed by atoms with Gasteiger partial charge in [0.1, 0.15) is 5.75 Å². The highest BCUT2D eigenvalue weighted by Gasteiger charge is 2.06. The maximum Gasteiger partial charge on any atom is 0.121 e. The first-order valence-electron chi connectivity index (χ1n) is 5.00. The van der Waals surface area contributed by atoms with Gasteiger partial charge in [0, 0.05) is 27.4 Å². The van der Waals surface area contributed by atoms with Crippen LogP contribution in [0.5, 0.6) is 5.75 Å². The van der Waals surface area contributed by atoms with Gasteiger partial charge in [-0.1, -0.05) is 29.3 Å². The minimum absolute atomic E-state index is 0.588. The summed E-state index contributed by atoms with van der Waals surface area (Å²) in [6.07, 6.45) is 0. The van der Waals surface area contributed by atoms with Gasteiger partial charge in [0.2, 0.25) is 0 Å². The third kappa shape index (κ3) is 2.65. The summed E-state index contributed by atoms with van der Waals surface area (Å²) in [6.45, 7) is 0. The van der Waals surface area contributed by atoms with Crippen LogP contribution in [0.2, 0.25) is 10.0 Å². The second-order valence-electron chi connectivity index (χ2n) is 3.62. The SMILES string of the molecule is COc1cc(N)cc(-c2ccc(Cl)cc2Cl)c1. The van der Waals surface area contributed by atoms with Crippen LogP contribution in [0.4, 0.5) is 5.69 Å². The molecule has 0 aromatic heterocycles. The molecule has 0 aliphatic carbocycles. The zero-order chi connectivity index (χ0) is 12.4. The summed E-state index contributed by atoms with van der Waals surface area (Å²) < 4.78 is 5.17. The minimum atomic E-state index is 0.588. The number of methoxy groups -OCH3 is 1. The maximum atomic E-state index is 6.15. The van der Waals surface area contributed by atoms with E-state index in [1.165, 1.54) is 0 Å². The van der Waals surface area contributed by atoms with E-state index in [2.05, 4.69) is 0 Å². The van der Waals surface area contributed by atoms with Crippen molar-refractivity contribution in [2.75, 3.05) is 12.8 Å². The zero-order valence-corrected chi connectivity index (χ0v) is 10.7. The fraction of sp³-hybridized carbons (Fsp3) is 0.0769. The van der Waals surface area contributed by atoms with Gasteiger partial charge in [-0.2, -0.15) is 0 Å². The third-order valence-corrected chi connectivity index (χ3v) is 2.95. The highest BCUT2D eigenvalue weighted by atomic mass is 35.5. The largest absolute Gasteiger partial charge is 0.497 e. The van der Waals surface area contributed by atoms with Gasteiger partial charge in [0.25, 0.3) is 0 Å². The van der Waals surface area contributed by atoms with Gasteiger partial charge < -0.3 is 10.5 Å². The number of rotatable bonds is 2. The molecule has 2 aromatic carbocycles. The van der Waals surface area contributed by atoms with Crippen molar-refractivity contribution in [2.45, 2.75) is 0 Å². The maximum absolute atomic E-state index is 6.15. The number of hydrogen-bond acceptors (Lipinski definition) is 2. The summed E-state index contributed by atoms with van der Waals surface area (Å²) >= 11 is 12.0. The lowest BCUT2D eigenvalue weighted by molar-refractivity contribution is 0.415. The number of nitrogen functional groups attached to an aromatic ring is 1. The Morgan fingerprint density at radius 1 is 1.06 bits per heavy atom. The van der Waals surface area contributed by atoms with E-state index < -0.39 is 0 Å². The van der Waals surface area contributed by atoms with Gasteiger partial charge in [-0.05, 0) is 29.8 Å². The monoisotopic (exact) mass is 267 g/mol. The summed E-state index contributed by atoms with van der Waals surface area (Å²) in [5, 5.41) is 1.19. The molecule has 4 heteroatoms. The van der Waals surface area contributed by atoms with Crippen LogP contribution >= 0.6 is 23.2 Å². The molecule has 2 nitrogen and oxygen atoms in total. The number of hydrogen-bond donors (Lipinski definition) is 1. The summed E-state index contributed by atoms with van der Waals surface area (Å²) in [7, 11) is 1.60. The van der Waals surface area contributed by atoms with Gasteiger partial charge in [-0.15, -0.1) is 0 Å². The molecular formula is C13H11Cl2NO. The quantitative estimate of drug-likeness (QED) is 0.826. The lowest BCUT2D eigenvalue weighted by atomic mass is 10.0. The van der Waals surface area contributed by atoms with Gasteiger partial charge >= 0.3 is 0 Å². The fourth-order valence-electron chi connectivity index (χ4n) is 1.62. The second-order valence-corrected chi connectivity index (χ2v) is 4.46. The number of benzene rings is 2. The van der Waals surface area contributed by atoms with Crippen molar-refractivity contribution in [3.63, 3.8) is 0 Å². The molecule has 0 heterocycles. The molecule has 2 aromatic rings. The fourth-order valence-corrected chi connectivity index (χ4v) is 2.14. The first kappa shape index (κ1) is 12.1. The molecule has 0 radical (unpaired) electrons. The lowest BCUT2D eigenvalue weighted by Crippen LogP contribution is -1.90. The van der Waals surface area contributed by atoms with Crippen molar-refractivity contribution in [2.24, 2.45) is 0 Å². The Morgan fingerprint density at radius 2 is 1.82 bits per heavy atom. The average molecular weight is 268 g/mol. The highest BCUT2D eigenvalue weighted by Crippen LogP contribution is 2.33. The van der Waals surface area contributed by atoms with E-state index in [-0.39, 0.29) is 0 Å². The molecule has 0 bridgehead atoms. The van der Waals surface area contributed by atoms with Gasteiger partial charge in [-0.25, -0.2) is 0 Å². The molecule has 0 aliphatic heterocycles.